The van der Waals surface area contributed by atoms with Crippen molar-refractivity contribution in [1.29, 1.82) is 0 Å². The highest BCUT2D eigenvalue weighted by Crippen LogP contribution is 2.19. The third-order valence-corrected chi connectivity index (χ3v) is 3.14. The number of carbonyl (C=O) groups excluding carboxylic acids is 1. The van der Waals surface area contributed by atoms with Crippen molar-refractivity contribution >= 4 is 11.9 Å². The van der Waals surface area contributed by atoms with Crippen molar-refractivity contribution in [3.05, 3.63) is 29.6 Å². The van der Waals surface area contributed by atoms with Crippen LogP contribution in [0.2, 0.25) is 0 Å². The number of aliphatic carboxylic acids is 1. The van der Waals surface area contributed by atoms with E-state index in [-0.39, 0.29) is 24.6 Å². The Hall–Kier alpha value is -2.15. The van der Waals surface area contributed by atoms with Gasteiger partial charge in [0.05, 0.1) is 6.42 Å². The lowest BCUT2D eigenvalue weighted by atomic mass is 10.1. The van der Waals surface area contributed by atoms with E-state index in [0.29, 0.717) is 18.7 Å². The zero-order valence-electron chi connectivity index (χ0n) is 10.7. The SMILES string of the molecule is O=C(O)CC1C(=O)NCCN1Cc1cc(O)cc(F)c1. The number of halogens is 1. The maximum atomic E-state index is 13.2. The van der Waals surface area contributed by atoms with Crippen LogP contribution in [0.15, 0.2) is 18.2 Å². The first kappa shape index (κ1) is 14.3. The van der Waals surface area contributed by atoms with E-state index < -0.39 is 17.8 Å². The minimum atomic E-state index is -1.07. The second kappa shape index (κ2) is 5.87. The first-order chi connectivity index (χ1) is 9.45. The van der Waals surface area contributed by atoms with Gasteiger partial charge < -0.3 is 15.5 Å². The van der Waals surface area contributed by atoms with Gasteiger partial charge in [-0.05, 0) is 17.7 Å². The summed E-state index contributed by atoms with van der Waals surface area (Å²) < 4.78 is 13.2. The average Bonchev–Trinajstić information content (AvgIpc) is 2.32. The Labute approximate surface area is 114 Å². The zero-order chi connectivity index (χ0) is 14.7. The van der Waals surface area contributed by atoms with Gasteiger partial charge in [-0.1, -0.05) is 0 Å². The maximum absolute atomic E-state index is 13.2. The second-order valence-electron chi connectivity index (χ2n) is 4.69. The number of amides is 1. The lowest BCUT2D eigenvalue weighted by Gasteiger charge is -2.34. The quantitative estimate of drug-likeness (QED) is 0.739. The first-order valence-corrected chi connectivity index (χ1v) is 6.17. The Morgan fingerprint density at radius 3 is 2.85 bits per heavy atom. The molecule has 108 valence electrons. The van der Waals surface area contributed by atoms with Crippen LogP contribution in [0.4, 0.5) is 4.39 Å². The number of nitrogens with one attached hydrogen (secondary N) is 1. The topological polar surface area (TPSA) is 89.9 Å². The Morgan fingerprint density at radius 2 is 2.20 bits per heavy atom. The molecule has 2 rings (SSSR count). The third kappa shape index (κ3) is 3.45. The van der Waals surface area contributed by atoms with Gasteiger partial charge >= 0.3 is 5.97 Å². The molecule has 0 saturated carbocycles. The number of aromatic hydroxyl groups is 1. The molecule has 1 aliphatic heterocycles. The van der Waals surface area contributed by atoms with Crippen LogP contribution in [0.25, 0.3) is 0 Å². The number of phenols is 1. The van der Waals surface area contributed by atoms with Crippen LogP contribution in [0.1, 0.15) is 12.0 Å². The molecule has 0 aromatic heterocycles. The molecule has 1 amide bonds. The van der Waals surface area contributed by atoms with Crippen LogP contribution >= 0.6 is 0 Å². The number of carbonyl (C=O) groups is 2. The highest BCUT2D eigenvalue weighted by atomic mass is 19.1. The Morgan fingerprint density at radius 1 is 1.45 bits per heavy atom. The molecular formula is C13H15FN2O4. The van der Waals surface area contributed by atoms with E-state index in [4.69, 9.17) is 5.11 Å². The molecule has 0 radical (unpaired) electrons. The van der Waals surface area contributed by atoms with Gasteiger partial charge in [0.1, 0.15) is 17.6 Å². The van der Waals surface area contributed by atoms with Crippen molar-refractivity contribution < 1.29 is 24.2 Å². The van der Waals surface area contributed by atoms with Crippen LogP contribution < -0.4 is 5.32 Å². The molecule has 1 aromatic carbocycles. The molecule has 0 spiro atoms. The molecule has 1 saturated heterocycles. The highest BCUT2D eigenvalue weighted by Gasteiger charge is 2.31. The van der Waals surface area contributed by atoms with Crippen LogP contribution in [0, 0.1) is 5.82 Å². The third-order valence-electron chi connectivity index (χ3n) is 3.14. The van der Waals surface area contributed by atoms with Crippen molar-refractivity contribution in [3.63, 3.8) is 0 Å². The molecule has 1 unspecified atom stereocenters. The summed E-state index contributed by atoms with van der Waals surface area (Å²) in [6.45, 7) is 1.09. The molecule has 0 aliphatic carbocycles. The monoisotopic (exact) mass is 282 g/mol. The van der Waals surface area contributed by atoms with E-state index in [1.165, 1.54) is 12.1 Å². The van der Waals surface area contributed by atoms with Crippen LogP contribution in [0.5, 0.6) is 5.75 Å². The number of hydrogen-bond acceptors (Lipinski definition) is 4. The van der Waals surface area contributed by atoms with Gasteiger partial charge in [0, 0.05) is 25.7 Å². The predicted octanol–water partition coefficient (Wildman–Crippen LogP) is 0.306. The van der Waals surface area contributed by atoms with Gasteiger partial charge in [-0.3, -0.25) is 14.5 Å². The Bertz CT molecular complexity index is 515. The summed E-state index contributed by atoms with van der Waals surface area (Å²) in [4.78, 5) is 24.2. The lowest BCUT2D eigenvalue weighted by Crippen LogP contribution is -2.55. The Kier molecular flexibility index (Phi) is 4.19. The molecule has 1 aliphatic rings. The van der Waals surface area contributed by atoms with Crippen molar-refractivity contribution in [2.75, 3.05) is 13.1 Å². The minimum Gasteiger partial charge on any atom is -0.508 e. The van der Waals surface area contributed by atoms with Gasteiger partial charge in [0.25, 0.3) is 0 Å². The number of benzene rings is 1. The normalized spacial score (nSPS) is 19.6. The predicted molar refractivity (Wildman–Crippen MR) is 67.5 cm³/mol. The molecule has 6 nitrogen and oxygen atoms in total. The average molecular weight is 282 g/mol. The first-order valence-electron chi connectivity index (χ1n) is 6.17. The van der Waals surface area contributed by atoms with Crippen LogP contribution in [-0.4, -0.2) is 46.1 Å². The van der Waals surface area contributed by atoms with Crippen LogP contribution in [-0.2, 0) is 16.1 Å². The lowest BCUT2D eigenvalue weighted by molar-refractivity contribution is -0.143. The number of nitrogens with zero attached hydrogens (tertiary/aromatic N) is 1. The Balaban J connectivity index is 2.16. The summed E-state index contributed by atoms with van der Waals surface area (Å²) in [6.07, 6.45) is -0.312. The van der Waals surface area contributed by atoms with E-state index in [9.17, 15) is 19.1 Å². The molecule has 20 heavy (non-hydrogen) atoms. The van der Waals surface area contributed by atoms with Gasteiger partial charge in [0.15, 0.2) is 0 Å². The summed E-state index contributed by atoms with van der Waals surface area (Å²) in [5.74, 6) is -2.19. The van der Waals surface area contributed by atoms with Gasteiger partial charge in [-0.15, -0.1) is 0 Å². The minimum absolute atomic E-state index is 0.198. The van der Waals surface area contributed by atoms with E-state index in [1.54, 1.807) is 4.90 Å². The number of phenolic OH excluding ortho intramolecular Hbond substituents is 1. The largest absolute Gasteiger partial charge is 0.508 e. The number of carboxylic acid groups (broad SMARTS) is 1. The van der Waals surface area contributed by atoms with Crippen molar-refractivity contribution in [3.8, 4) is 5.75 Å². The molecule has 0 bridgehead atoms. The molecule has 1 fully saturated rings. The molecular weight excluding hydrogens is 267 g/mol. The van der Waals surface area contributed by atoms with E-state index in [1.807, 2.05) is 0 Å². The number of carboxylic acids is 1. The highest BCUT2D eigenvalue weighted by molar-refractivity contribution is 5.86. The molecule has 1 aromatic rings. The fourth-order valence-electron chi connectivity index (χ4n) is 2.30. The van der Waals surface area contributed by atoms with Crippen molar-refractivity contribution in [2.24, 2.45) is 0 Å². The van der Waals surface area contributed by atoms with Crippen molar-refractivity contribution in [1.82, 2.24) is 10.2 Å². The smallest absolute Gasteiger partial charge is 0.305 e. The fourth-order valence-corrected chi connectivity index (χ4v) is 2.30. The van der Waals surface area contributed by atoms with Gasteiger partial charge in [-0.2, -0.15) is 0 Å². The van der Waals surface area contributed by atoms with E-state index in [2.05, 4.69) is 5.32 Å². The van der Waals surface area contributed by atoms with E-state index >= 15 is 0 Å². The number of hydrogen-bond donors (Lipinski definition) is 3. The summed E-state index contributed by atoms with van der Waals surface area (Å²) in [5, 5.41) is 20.8. The number of piperazine rings is 1. The van der Waals surface area contributed by atoms with Crippen molar-refractivity contribution in [2.45, 2.75) is 19.0 Å². The fraction of sp³-hybridized carbons (Fsp3) is 0.385. The number of rotatable bonds is 4. The zero-order valence-corrected chi connectivity index (χ0v) is 10.7. The van der Waals surface area contributed by atoms with Crippen LogP contribution in [0.3, 0.4) is 0 Å². The van der Waals surface area contributed by atoms with Gasteiger partial charge in [0.2, 0.25) is 5.91 Å². The van der Waals surface area contributed by atoms with E-state index in [0.717, 1.165) is 6.07 Å². The summed E-state index contributed by atoms with van der Waals surface area (Å²) in [7, 11) is 0. The summed E-state index contributed by atoms with van der Waals surface area (Å²) in [6, 6.07) is 2.85. The molecule has 1 heterocycles. The second-order valence-corrected chi connectivity index (χ2v) is 4.69. The summed E-state index contributed by atoms with van der Waals surface area (Å²) in [5.41, 5.74) is 0.493. The standard InChI is InChI=1S/C13H15FN2O4/c14-9-3-8(4-10(17)5-9)7-16-2-1-15-13(20)11(16)6-12(18)19/h3-5,11,17H,1-2,6-7H2,(H,15,20)(H,18,19). The van der Waals surface area contributed by atoms with Gasteiger partial charge in [-0.25, -0.2) is 4.39 Å². The molecule has 3 N–H and O–H groups in total. The maximum Gasteiger partial charge on any atom is 0.305 e. The molecule has 7 heteroatoms. The summed E-state index contributed by atoms with van der Waals surface area (Å²) >= 11 is 0. The molecule has 1 atom stereocenters.